The van der Waals surface area contributed by atoms with Gasteiger partial charge in [0.25, 0.3) is 0 Å². The van der Waals surface area contributed by atoms with Crippen molar-refractivity contribution in [3.8, 4) is 0 Å². The van der Waals surface area contributed by atoms with Crippen LogP contribution >= 0.6 is 0 Å². The fourth-order valence-corrected chi connectivity index (χ4v) is 4.90. The lowest BCUT2D eigenvalue weighted by Crippen LogP contribution is -2.43. The lowest BCUT2D eigenvalue weighted by molar-refractivity contribution is -0.134. The molecule has 0 aromatic heterocycles. The summed E-state index contributed by atoms with van der Waals surface area (Å²) in [4.78, 5) is 0. The Balaban J connectivity index is 1.96. The van der Waals surface area contributed by atoms with Gasteiger partial charge in [-0.2, -0.15) is 0 Å². The summed E-state index contributed by atoms with van der Waals surface area (Å²) in [5, 5.41) is 10.6. The molecular weight excluding hydrogens is 212 g/mol. The van der Waals surface area contributed by atoms with E-state index in [1.165, 1.54) is 12.8 Å². The third-order valence-corrected chi connectivity index (χ3v) is 5.91. The van der Waals surface area contributed by atoms with Crippen LogP contribution in [0.2, 0.25) is 0 Å². The standard InChI is InChI=1S/C15H26O2/c1-9(2)10-5-8-15(4)11-6-7-14(3,16)12(11)13(10)17-15/h9-13,16H,5-8H2,1-4H3/t10-,11+,12+,13-,14-,15?/m1/s1. The maximum Gasteiger partial charge on any atom is 0.0691 e. The quantitative estimate of drug-likeness (QED) is 0.761. The first kappa shape index (κ1) is 12.0. The molecule has 3 fully saturated rings. The number of ether oxygens (including phenoxy) is 1. The SMILES string of the molecule is CC(C)[C@H]1CCC2(C)O[C@H]1[C@@H]1[C@@H]2CC[C@@]1(C)O. The Morgan fingerprint density at radius 3 is 2.53 bits per heavy atom. The van der Waals surface area contributed by atoms with Gasteiger partial charge in [-0.1, -0.05) is 13.8 Å². The number of hydrogen-bond acceptors (Lipinski definition) is 2. The molecule has 2 aliphatic heterocycles. The van der Waals surface area contributed by atoms with Crippen molar-refractivity contribution in [1.29, 1.82) is 0 Å². The summed E-state index contributed by atoms with van der Waals surface area (Å²) in [5.74, 6) is 2.27. The summed E-state index contributed by atoms with van der Waals surface area (Å²) < 4.78 is 6.40. The van der Waals surface area contributed by atoms with Crippen molar-refractivity contribution in [2.75, 3.05) is 0 Å². The summed E-state index contributed by atoms with van der Waals surface area (Å²) in [6.45, 7) is 8.91. The molecule has 0 spiro atoms. The van der Waals surface area contributed by atoms with Crippen molar-refractivity contribution in [3.05, 3.63) is 0 Å². The van der Waals surface area contributed by atoms with Gasteiger partial charge >= 0.3 is 0 Å². The van der Waals surface area contributed by atoms with E-state index in [2.05, 4.69) is 20.8 Å². The van der Waals surface area contributed by atoms with Crippen LogP contribution in [0.4, 0.5) is 0 Å². The molecule has 6 atom stereocenters. The minimum absolute atomic E-state index is 0.0568. The monoisotopic (exact) mass is 238 g/mol. The fraction of sp³-hybridized carbons (Fsp3) is 1.00. The second-order valence-electron chi connectivity index (χ2n) is 7.37. The van der Waals surface area contributed by atoms with Gasteiger partial charge in [0.1, 0.15) is 0 Å². The van der Waals surface area contributed by atoms with Gasteiger partial charge in [0.15, 0.2) is 0 Å². The van der Waals surface area contributed by atoms with Crippen LogP contribution in [0, 0.1) is 23.7 Å². The van der Waals surface area contributed by atoms with Gasteiger partial charge in [-0.25, -0.2) is 0 Å². The molecule has 3 rings (SSSR count). The average Bonchev–Trinajstić information content (AvgIpc) is 2.64. The van der Waals surface area contributed by atoms with Gasteiger partial charge in [-0.3, -0.25) is 0 Å². The Hall–Kier alpha value is -0.0800. The topological polar surface area (TPSA) is 29.5 Å². The molecule has 1 saturated carbocycles. The highest BCUT2D eigenvalue weighted by Crippen LogP contribution is 2.61. The first-order valence-corrected chi connectivity index (χ1v) is 7.25. The summed E-state index contributed by atoms with van der Waals surface area (Å²) >= 11 is 0. The van der Waals surface area contributed by atoms with E-state index in [1.807, 2.05) is 6.92 Å². The molecule has 1 unspecified atom stereocenters. The average molecular weight is 238 g/mol. The Morgan fingerprint density at radius 2 is 1.88 bits per heavy atom. The normalized spacial score (nSPS) is 57.5. The van der Waals surface area contributed by atoms with Gasteiger partial charge in [0.2, 0.25) is 0 Å². The van der Waals surface area contributed by atoms with E-state index in [0.717, 1.165) is 12.8 Å². The van der Waals surface area contributed by atoms with E-state index in [1.54, 1.807) is 0 Å². The number of rotatable bonds is 1. The largest absolute Gasteiger partial charge is 0.390 e. The van der Waals surface area contributed by atoms with Crippen molar-refractivity contribution < 1.29 is 9.84 Å². The third-order valence-electron chi connectivity index (χ3n) is 5.91. The maximum absolute atomic E-state index is 10.6. The Bertz CT molecular complexity index is 323. The molecule has 2 heteroatoms. The lowest BCUT2D eigenvalue weighted by atomic mass is 9.76. The maximum atomic E-state index is 10.6. The van der Waals surface area contributed by atoms with Gasteiger partial charge in [-0.05, 0) is 57.3 Å². The van der Waals surface area contributed by atoms with Crippen LogP contribution < -0.4 is 0 Å². The summed E-state index contributed by atoms with van der Waals surface area (Å²) in [7, 11) is 0. The van der Waals surface area contributed by atoms with E-state index in [0.29, 0.717) is 29.8 Å². The van der Waals surface area contributed by atoms with E-state index in [9.17, 15) is 5.11 Å². The van der Waals surface area contributed by atoms with Crippen molar-refractivity contribution in [2.24, 2.45) is 23.7 Å². The molecule has 1 aliphatic carbocycles. The summed E-state index contributed by atoms with van der Waals surface area (Å²) in [6, 6.07) is 0. The van der Waals surface area contributed by atoms with E-state index in [-0.39, 0.29) is 5.60 Å². The van der Waals surface area contributed by atoms with Crippen LogP contribution in [-0.4, -0.2) is 22.4 Å². The van der Waals surface area contributed by atoms with Crippen LogP contribution in [-0.2, 0) is 4.74 Å². The molecule has 0 amide bonds. The lowest BCUT2D eigenvalue weighted by Gasteiger charge is -2.40. The molecular formula is C15H26O2. The molecule has 0 radical (unpaired) electrons. The molecule has 3 aliphatic rings. The first-order valence-electron chi connectivity index (χ1n) is 7.25. The Kier molecular flexibility index (Phi) is 2.45. The first-order chi connectivity index (χ1) is 7.85. The number of aliphatic hydroxyl groups is 1. The fourth-order valence-electron chi connectivity index (χ4n) is 4.90. The molecule has 2 heterocycles. The molecule has 2 nitrogen and oxygen atoms in total. The Morgan fingerprint density at radius 1 is 1.18 bits per heavy atom. The van der Waals surface area contributed by atoms with Crippen LogP contribution in [0.1, 0.15) is 53.4 Å². The van der Waals surface area contributed by atoms with Crippen molar-refractivity contribution >= 4 is 0 Å². The molecule has 0 aromatic rings. The number of hydrogen-bond donors (Lipinski definition) is 1. The van der Waals surface area contributed by atoms with Crippen LogP contribution in [0.25, 0.3) is 0 Å². The summed E-state index contributed by atoms with van der Waals surface area (Å²) in [5.41, 5.74) is -0.439. The van der Waals surface area contributed by atoms with Crippen LogP contribution in [0.3, 0.4) is 0 Å². The highest BCUT2D eigenvalue weighted by Gasteiger charge is 2.64. The van der Waals surface area contributed by atoms with Crippen molar-refractivity contribution in [2.45, 2.75) is 70.7 Å². The van der Waals surface area contributed by atoms with Crippen LogP contribution in [0.15, 0.2) is 0 Å². The third kappa shape index (κ3) is 1.53. The molecule has 2 saturated heterocycles. The van der Waals surface area contributed by atoms with Gasteiger partial charge in [0, 0.05) is 5.92 Å². The molecule has 17 heavy (non-hydrogen) atoms. The predicted molar refractivity (Wildman–Crippen MR) is 67.7 cm³/mol. The van der Waals surface area contributed by atoms with E-state index >= 15 is 0 Å². The van der Waals surface area contributed by atoms with E-state index < -0.39 is 5.60 Å². The number of fused-ring (bicyclic) bond motifs is 5. The van der Waals surface area contributed by atoms with Crippen molar-refractivity contribution in [1.82, 2.24) is 0 Å². The van der Waals surface area contributed by atoms with Crippen LogP contribution in [0.5, 0.6) is 0 Å². The Labute approximate surface area is 105 Å². The van der Waals surface area contributed by atoms with Gasteiger partial charge in [-0.15, -0.1) is 0 Å². The van der Waals surface area contributed by atoms with E-state index in [4.69, 9.17) is 4.74 Å². The second-order valence-corrected chi connectivity index (χ2v) is 7.37. The zero-order valence-electron chi connectivity index (χ0n) is 11.6. The highest BCUT2D eigenvalue weighted by atomic mass is 16.5. The molecule has 1 N–H and O–H groups in total. The van der Waals surface area contributed by atoms with Gasteiger partial charge in [0.05, 0.1) is 17.3 Å². The minimum atomic E-state index is -0.495. The van der Waals surface area contributed by atoms with Gasteiger partial charge < -0.3 is 9.84 Å². The van der Waals surface area contributed by atoms with Crippen molar-refractivity contribution in [3.63, 3.8) is 0 Å². The smallest absolute Gasteiger partial charge is 0.0691 e. The predicted octanol–water partition coefficient (Wildman–Crippen LogP) is 2.99. The summed E-state index contributed by atoms with van der Waals surface area (Å²) in [6.07, 6.45) is 4.88. The molecule has 2 bridgehead atoms. The highest BCUT2D eigenvalue weighted by molar-refractivity contribution is 5.13. The zero-order chi connectivity index (χ0) is 12.4. The minimum Gasteiger partial charge on any atom is -0.390 e. The molecule has 98 valence electrons. The zero-order valence-corrected chi connectivity index (χ0v) is 11.6. The second kappa shape index (κ2) is 3.48. The molecule has 0 aromatic carbocycles.